The number of rotatable bonds is 6. The number of hydrogen-bond donors (Lipinski definition) is 1. The van der Waals surface area contributed by atoms with Gasteiger partial charge in [0.15, 0.2) is 0 Å². The topological polar surface area (TPSA) is 15.3 Å². The molecule has 1 N–H and O–H groups in total. The molecule has 2 heteroatoms. The second-order valence-corrected chi connectivity index (χ2v) is 5.55. The van der Waals surface area contributed by atoms with Gasteiger partial charge in [-0.3, -0.25) is 4.90 Å². The highest BCUT2D eigenvalue weighted by molar-refractivity contribution is 4.81. The summed E-state index contributed by atoms with van der Waals surface area (Å²) < 4.78 is 0. The van der Waals surface area contributed by atoms with Crippen LogP contribution in [0.4, 0.5) is 0 Å². The van der Waals surface area contributed by atoms with Gasteiger partial charge in [-0.1, -0.05) is 13.8 Å². The Hall–Kier alpha value is -0.0800. The van der Waals surface area contributed by atoms with Crippen molar-refractivity contribution in [2.45, 2.75) is 53.1 Å². The molecule has 0 atom stereocenters. The fraction of sp³-hybridized carbons (Fsp3) is 1.00. The molecule has 0 saturated carbocycles. The van der Waals surface area contributed by atoms with Gasteiger partial charge in [0.25, 0.3) is 0 Å². The fourth-order valence-corrected chi connectivity index (χ4v) is 1.51. The van der Waals surface area contributed by atoms with Gasteiger partial charge in [-0.05, 0) is 40.7 Å². The predicted molar refractivity (Wildman–Crippen MR) is 64.7 cm³/mol. The first-order valence-electron chi connectivity index (χ1n) is 5.71. The molecule has 0 aromatic carbocycles. The summed E-state index contributed by atoms with van der Waals surface area (Å²) in [7, 11) is 2.04. The number of likely N-dealkylation sites (N-methyl/N-ethyl adjacent to an activating group) is 1. The van der Waals surface area contributed by atoms with Crippen molar-refractivity contribution in [2.24, 2.45) is 5.92 Å². The third-order valence-corrected chi connectivity index (χ3v) is 2.61. The first kappa shape index (κ1) is 13.9. The minimum absolute atomic E-state index is 0.208. The highest BCUT2D eigenvalue weighted by Gasteiger charge is 2.21. The fourth-order valence-electron chi connectivity index (χ4n) is 1.51. The molecule has 0 aliphatic rings. The Morgan fingerprint density at radius 3 is 1.93 bits per heavy atom. The van der Waals surface area contributed by atoms with Gasteiger partial charge >= 0.3 is 0 Å². The van der Waals surface area contributed by atoms with E-state index < -0.39 is 0 Å². The van der Waals surface area contributed by atoms with Crippen LogP contribution in [-0.2, 0) is 0 Å². The Labute approximate surface area is 90.1 Å². The Kier molecular flexibility index (Phi) is 5.68. The maximum Gasteiger partial charge on any atom is 0.0249 e. The Balaban J connectivity index is 4.23. The average Bonchev–Trinajstić information content (AvgIpc) is 2.02. The lowest BCUT2D eigenvalue weighted by Gasteiger charge is -2.36. The standard InChI is InChI=1S/C12H28N2/c1-10(2)8-14(11(3)4)9-12(5,6)13-7/h10-11,13H,8-9H2,1-7H3. The van der Waals surface area contributed by atoms with Gasteiger partial charge in [0.05, 0.1) is 0 Å². The first-order valence-corrected chi connectivity index (χ1v) is 5.71. The Morgan fingerprint density at radius 2 is 1.64 bits per heavy atom. The summed E-state index contributed by atoms with van der Waals surface area (Å²) in [6, 6.07) is 0.630. The van der Waals surface area contributed by atoms with E-state index in [-0.39, 0.29) is 5.54 Å². The van der Waals surface area contributed by atoms with Crippen molar-refractivity contribution in [2.75, 3.05) is 20.1 Å². The molecule has 0 bridgehead atoms. The molecule has 0 aromatic heterocycles. The second kappa shape index (κ2) is 5.72. The lowest BCUT2D eigenvalue weighted by atomic mass is 10.0. The van der Waals surface area contributed by atoms with Crippen LogP contribution in [0.5, 0.6) is 0 Å². The van der Waals surface area contributed by atoms with Gasteiger partial charge in [-0.2, -0.15) is 0 Å². The van der Waals surface area contributed by atoms with Crippen LogP contribution in [0.1, 0.15) is 41.5 Å². The summed E-state index contributed by atoms with van der Waals surface area (Å²) in [6.07, 6.45) is 0. The van der Waals surface area contributed by atoms with Crippen molar-refractivity contribution in [1.82, 2.24) is 10.2 Å². The van der Waals surface area contributed by atoms with E-state index in [1.54, 1.807) is 0 Å². The van der Waals surface area contributed by atoms with E-state index in [9.17, 15) is 0 Å². The van der Waals surface area contributed by atoms with E-state index in [0.29, 0.717) is 6.04 Å². The normalized spacial score (nSPS) is 13.3. The molecular weight excluding hydrogens is 172 g/mol. The van der Waals surface area contributed by atoms with E-state index in [1.807, 2.05) is 7.05 Å². The molecule has 0 aliphatic carbocycles. The van der Waals surface area contributed by atoms with Gasteiger partial charge in [-0.25, -0.2) is 0 Å². The minimum Gasteiger partial charge on any atom is -0.314 e. The van der Waals surface area contributed by atoms with Crippen molar-refractivity contribution in [3.8, 4) is 0 Å². The maximum absolute atomic E-state index is 3.36. The van der Waals surface area contributed by atoms with Crippen molar-refractivity contribution in [3.05, 3.63) is 0 Å². The second-order valence-electron chi connectivity index (χ2n) is 5.55. The molecule has 14 heavy (non-hydrogen) atoms. The zero-order chi connectivity index (χ0) is 11.4. The number of hydrogen-bond acceptors (Lipinski definition) is 2. The quantitative estimate of drug-likeness (QED) is 0.708. The minimum atomic E-state index is 0.208. The largest absolute Gasteiger partial charge is 0.314 e. The van der Waals surface area contributed by atoms with E-state index >= 15 is 0 Å². The van der Waals surface area contributed by atoms with Crippen molar-refractivity contribution < 1.29 is 0 Å². The Bertz CT molecular complexity index is 150. The van der Waals surface area contributed by atoms with Crippen molar-refractivity contribution in [1.29, 1.82) is 0 Å². The molecule has 0 radical (unpaired) electrons. The molecular formula is C12H28N2. The van der Waals surface area contributed by atoms with Gasteiger partial charge < -0.3 is 5.32 Å². The molecule has 0 amide bonds. The van der Waals surface area contributed by atoms with E-state index in [0.717, 1.165) is 12.5 Å². The molecule has 0 heterocycles. The van der Waals surface area contributed by atoms with Gasteiger partial charge in [-0.15, -0.1) is 0 Å². The summed E-state index contributed by atoms with van der Waals surface area (Å²) in [5.74, 6) is 0.741. The molecule has 0 rings (SSSR count). The van der Waals surface area contributed by atoms with Gasteiger partial charge in [0.1, 0.15) is 0 Å². The van der Waals surface area contributed by atoms with Crippen LogP contribution < -0.4 is 5.32 Å². The molecule has 86 valence electrons. The molecule has 0 aliphatic heterocycles. The highest BCUT2D eigenvalue weighted by Crippen LogP contribution is 2.10. The summed E-state index contributed by atoms with van der Waals surface area (Å²) in [5.41, 5.74) is 0.208. The predicted octanol–water partition coefficient (Wildman–Crippen LogP) is 2.35. The molecule has 0 saturated heterocycles. The smallest absolute Gasteiger partial charge is 0.0249 e. The SMILES string of the molecule is CNC(C)(C)CN(CC(C)C)C(C)C. The lowest BCUT2D eigenvalue weighted by Crippen LogP contribution is -2.50. The Morgan fingerprint density at radius 1 is 1.14 bits per heavy atom. The molecule has 0 unspecified atom stereocenters. The first-order chi connectivity index (χ1) is 6.28. The van der Waals surface area contributed by atoms with E-state index in [2.05, 4.69) is 51.8 Å². The van der Waals surface area contributed by atoms with Gasteiger partial charge in [0, 0.05) is 24.7 Å². The maximum atomic E-state index is 3.36. The third-order valence-electron chi connectivity index (χ3n) is 2.61. The van der Waals surface area contributed by atoms with Crippen molar-refractivity contribution in [3.63, 3.8) is 0 Å². The zero-order valence-corrected chi connectivity index (χ0v) is 11.0. The van der Waals surface area contributed by atoms with Crippen LogP contribution in [0.2, 0.25) is 0 Å². The van der Waals surface area contributed by atoms with E-state index in [4.69, 9.17) is 0 Å². The molecule has 0 aromatic rings. The van der Waals surface area contributed by atoms with Crippen LogP contribution in [0, 0.1) is 5.92 Å². The van der Waals surface area contributed by atoms with Crippen LogP contribution in [0.3, 0.4) is 0 Å². The zero-order valence-electron chi connectivity index (χ0n) is 11.0. The van der Waals surface area contributed by atoms with Gasteiger partial charge in [0.2, 0.25) is 0 Å². The number of nitrogens with one attached hydrogen (secondary N) is 1. The van der Waals surface area contributed by atoms with Crippen LogP contribution >= 0.6 is 0 Å². The summed E-state index contributed by atoms with van der Waals surface area (Å²) in [4.78, 5) is 2.54. The molecule has 0 spiro atoms. The summed E-state index contributed by atoms with van der Waals surface area (Å²) in [6.45, 7) is 15.9. The van der Waals surface area contributed by atoms with E-state index in [1.165, 1.54) is 6.54 Å². The molecule has 2 nitrogen and oxygen atoms in total. The lowest BCUT2D eigenvalue weighted by molar-refractivity contribution is 0.152. The van der Waals surface area contributed by atoms with Crippen LogP contribution in [-0.4, -0.2) is 36.6 Å². The average molecular weight is 200 g/mol. The van der Waals surface area contributed by atoms with Crippen LogP contribution in [0.25, 0.3) is 0 Å². The van der Waals surface area contributed by atoms with Crippen molar-refractivity contribution >= 4 is 0 Å². The summed E-state index contributed by atoms with van der Waals surface area (Å²) in [5, 5.41) is 3.36. The third kappa shape index (κ3) is 5.61. The monoisotopic (exact) mass is 200 g/mol. The highest BCUT2D eigenvalue weighted by atomic mass is 15.2. The van der Waals surface area contributed by atoms with Crippen LogP contribution in [0.15, 0.2) is 0 Å². The molecule has 0 fully saturated rings. The number of nitrogens with zero attached hydrogens (tertiary/aromatic N) is 1. The summed E-state index contributed by atoms with van der Waals surface area (Å²) >= 11 is 0.